The lowest BCUT2D eigenvalue weighted by Gasteiger charge is -2.30. The summed E-state index contributed by atoms with van der Waals surface area (Å²) in [6.07, 6.45) is 5.59. The highest BCUT2D eigenvalue weighted by atomic mass is 35.5. The summed E-state index contributed by atoms with van der Waals surface area (Å²) >= 11 is 13.5. The maximum atomic E-state index is 13.0. The summed E-state index contributed by atoms with van der Waals surface area (Å²) < 4.78 is 0. The Bertz CT molecular complexity index is 750. The molecule has 2 fully saturated rings. The Hall–Kier alpha value is -1.24. The van der Waals surface area contributed by atoms with E-state index >= 15 is 0 Å². The maximum Gasteiger partial charge on any atom is 0.242 e. The predicted molar refractivity (Wildman–Crippen MR) is 113 cm³/mol. The van der Waals surface area contributed by atoms with E-state index in [1.54, 1.807) is 18.2 Å². The number of aliphatic imine (C=N–C) groups is 1. The minimum atomic E-state index is -0.449. The third-order valence-electron chi connectivity index (χ3n) is 4.80. The van der Waals surface area contributed by atoms with Crippen molar-refractivity contribution in [2.45, 2.75) is 56.7 Å². The summed E-state index contributed by atoms with van der Waals surface area (Å²) in [5, 5.41) is 3.75. The lowest BCUT2D eigenvalue weighted by atomic mass is 9.94. The molecule has 0 bridgehead atoms. The highest BCUT2D eigenvalue weighted by Gasteiger charge is 2.42. The Labute approximate surface area is 173 Å². The molecule has 5 nitrogen and oxygen atoms in total. The van der Waals surface area contributed by atoms with E-state index in [0.29, 0.717) is 22.3 Å². The number of amides is 2. The molecule has 1 unspecified atom stereocenters. The van der Waals surface area contributed by atoms with Crippen LogP contribution in [0.25, 0.3) is 0 Å². The first kappa shape index (κ1) is 20.5. The van der Waals surface area contributed by atoms with E-state index in [1.165, 1.54) is 18.2 Å². The van der Waals surface area contributed by atoms with Gasteiger partial charge < -0.3 is 5.32 Å². The van der Waals surface area contributed by atoms with Crippen molar-refractivity contribution in [1.82, 2.24) is 4.90 Å². The fraction of sp³-hybridized carbons (Fsp3) is 0.526. The van der Waals surface area contributed by atoms with E-state index in [9.17, 15) is 9.59 Å². The van der Waals surface area contributed by atoms with Gasteiger partial charge in [-0.15, -0.1) is 0 Å². The van der Waals surface area contributed by atoms with Crippen LogP contribution in [0.15, 0.2) is 23.2 Å². The second kappa shape index (κ2) is 9.30. The first-order chi connectivity index (χ1) is 13.0. The van der Waals surface area contributed by atoms with Crippen LogP contribution in [0.4, 0.5) is 5.69 Å². The fourth-order valence-corrected chi connectivity index (χ4v) is 5.11. The Balaban J connectivity index is 1.69. The SMILES string of the molecule is CCN=C1SC(CC(=O)Nc2cccc(Cl)c2Cl)C(=O)N1C1CCCCC1. The van der Waals surface area contributed by atoms with Crippen LogP contribution in [-0.4, -0.2) is 39.7 Å². The van der Waals surface area contributed by atoms with Crippen molar-refractivity contribution < 1.29 is 9.59 Å². The molecular weight excluding hydrogens is 405 g/mol. The molecule has 1 heterocycles. The number of nitrogens with zero attached hydrogens (tertiary/aromatic N) is 2. The van der Waals surface area contributed by atoms with Crippen LogP contribution in [0.1, 0.15) is 45.4 Å². The van der Waals surface area contributed by atoms with Gasteiger partial charge in [-0.2, -0.15) is 0 Å². The Kier molecular flexibility index (Phi) is 7.06. The molecule has 1 saturated heterocycles. The van der Waals surface area contributed by atoms with E-state index in [1.807, 2.05) is 11.8 Å². The topological polar surface area (TPSA) is 61.8 Å². The molecule has 1 N–H and O–H groups in total. The average Bonchev–Trinajstić information content (AvgIpc) is 2.95. The number of amidine groups is 1. The highest BCUT2D eigenvalue weighted by Crippen LogP contribution is 2.36. The molecule has 1 atom stereocenters. The lowest BCUT2D eigenvalue weighted by molar-refractivity contribution is -0.130. The van der Waals surface area contributed by atoms with Crippen molar-refractivity contribution in [3.8, 4) is 0 Å². The molecule has 1 aliphatic carbocycles. The Morgan fingerprint density at radius 1 is 1.30 bits per heavy atom. The third kappa shape index (κ3) is 4.79. The predicted octanol–water partition coefficient (Wildman–Crippen LogP) is 4.97. The van der Waals surface area contributed by atoms with Crippen LogP contribution in [0.3, 0.4) is 0 Å². The van der Waals surface area contributed by atoms with E-state index in [-0.39, 0.29) is 24.3 Å². The van der Waals surface area contributed by atoms with Gasteiger partial charge in [0, 0.05) is 19.0 Å². The van der Waals surface area contributed by atoms with Crippen molar-refractivity contribution in [2.75, 3.05) is 11.9 Å². The van der Waals surface area contributed by atoms with Gasteiger partial charge in [0.05, 0.1) is 15.7 Å². The number of benzene rings is 1. The molecular formula is C19H23Cl2N3O2S. The van der Waals surface area contributed by atoms with Crippen molar-refractivity contribution >= 4 is 57.6 Å². The van der Waals surface area contributed by atoms with Gasteiger partial charge in [-0.05, 0) is 31.9 Å². The number of rotatable bonds is 5. The second-order valence-corrected chi connectivity index (χ2v) is 8.67. The largest absolute Gasteiger partial charge is 0.325 e. The van der Waals surface area contributed by atoms with Crippen molar-refractivity contribution in [3.63, 3.8) is 0 Å². The first-order valence-corrected chi connectivity index (χ1v) is 10.9. The monoisotopic (exact) mass is 427 g/mol. The number of hydrogen-bond acceptors (Lipinski definition) is 4. The molecule has 2 amide bonds. The summed E-state index contributed by atoms with van der Waals surface area (Å²) in [5.74, 6) is -0.266. The lowest BCUT2D eigenvalue weighted by Crippen LogP contribution is -2.42. The van der Waals surface area contributed by atoms with Crippen LogP contribution >= 0.6 is 35.0 Å². The maximum absolute atomic E-state index is 13.0. The van der Waals surface area contributed by atoms with E-state index < -0.39 is 5.25 Å². The molecule has 0 radical (unpaired) electrons. The van der Waals surface area contributed by atoms with Gasteiger partial charge in [0.2, 0.25) is 11.8 Å². The van der Waals surface area contributed by atoms with Crippen molar-refractivity contribution in [2.24, 2.45) is 4.99 Å². The molecule has 1 aliphatic heterocycles. The number of anilines is 1. The van der Waals surface area contributed by atoms with Crippen LogP contribution in [-0.2, 0) is 9.59 Å². The molecule has 1 aromatic rings. The van der Waals surface area contributed by atoms with Gasteiger partial charge in [-0.1, -0.05) is 60.3 Å². The van der Waals surface area contributed by atoms with Crippen LogP contribution in [0.5, 0.6) is 0 Å². The number of carbonyl (C=O) groups is 2. The summed E-state index contributed by atoms with van der Waals surface area (Å²) in [6, 6.07) is 5.27. The van der Waals surface area contributed by atoms with Crippen molar-refractivity contribution in [1.29, 1.82) is 0 Å². The molecule has 1 saturated carbocycles. The number of hydrogen-bond donors (Lipinski definition) is 1. The quantitative estimate of drug-likeness (QED) is 0.720. The molecule has 27 heavy (non-hydrogen) atoms. The van der Waals surface area contributed by atoms with Gasteiger partial charge in [0.25, 0.3) is 0 Å². The number of halogens is 2. The summed E-state index contributed by atoms with van der Waals surface area (Å²) in [7, 11) is 0. The zero-order chi connectivity index (χ0) is 19.4. The molecule has 8 heteroatoms. The summed E-state index contributed by atoms with van der Waals surface area (Å²) in [4.78, 5) is 31.8. The van der Waals surface area contributed by atoms with Gasteiger partial charge in [0.15, 0.2) is 5.17 Å². The molecule has 146 valence electrons. The summed E-state index contributed by atoms with van der Waals surface area (Å²) in [5.41, 5.74) is 0.455. The molecule has 0 spiro atoms. The van der Waals surface area contributed by atoms with E-state index in [0.717, 1.165) is 30.9 Å². The van der Waals surface area contributed by atoms with Crippen LogP contribution < -0.4 is 5.32 Å². The van der Waals surface area contributed by atoms with Gasteiger partial charge in [-0.25, -0.2) is 0 Å². The minimum Gasteiger partial charge on any atom is -0.325 e. The van der Waals surface area contributed by atoms with E-state index in [2.05, 4.69) is 10.3 Å². The molecule has 2 aliphatic rings. The molecule has 1 aromatic carbocycles. The first-order valence-electron chi connectivity index (χ1n) is 9.29. The molecule has 3 rings (SSSR count). The van der Waals surface area contributed by atoms with Gasteiger partial charge in [0.1, 0.15) is 5.25 Å². The third-order valence-corrected chi connectivity index (χ3v) is 6.80. The second-order valence-electron chi connectivity index (χ2n) is 6.72. The van der Waals surface area contributed by atoms with Gasteiger partial charge in [-0.3, -0.25) is 19.5 Å². The number of carbonyl (C=O) groups excluding carboxylic acids is 2. The van der Waals surface area contributed by atoms with Crippen LogP contribution in [0, 0.1) is 0 Å². The van der Waals surface area contributed by atoms with Crippen molar-refractivity contribution in [3.05, 3.63) is 28.2 Å². The number of thioether (sulfide) groups is 1. The standard InChI is InChI=1S/C19H23Cl2N3O2S/c1-2-22-19-24(12-7-4-3-5-8-12)18(26)15(27-19)11-16(25)23-14-10-6-9-13(20)17(14)21/h6,9-10,12,15H,2-5,7-8,11H2,1H3,(H,23,25). The van der Waals surface area contributed by atoms with Crippen LogP contribution in [0.2, 0.25) is 10.0 Å². The average molecular weight is 428 g/mol. The normalized spacial score (nSPS) is 22.5. The zero-order valence-electron chi connectivity index (χ0n) is 15.2. The van der Waals surface area contributed by atoms with Gasteiger partial charge >= 0.3 is 0 Å². The Morgan fingerprint density at radius 3 is 2.74 bits per heavy atom. The van der Waals surface area contributed by atoms with E-state index in [4.69, 9.17) is 23.2 Å². The summed E-state index contributed by atoms with van der Waals surface area (Å²) in [6.45, 7) is 2.58. The minimum absolute atomic E-state index is 0.00792. The number of nitrogens with one attached hydrogen (secondary N) is 1. The zero-order valence-corrected chi connectivity index (χ0v) is 17.5. The molecule has 0 aromatic heterocycles. The smallest absolute Gasteiger partial charge is 0.242 e. The fourth-order valence-electron chi connectivity index (χ4n) is 3.51. The Morgan fingerprint density at radius 2 is 2.04 bits per heavy atom. The highest BCUT2D eigenvalue weighted by molar-refractivity contribution is 8.15.